The van der Waals surface area contributed by atoms with Gasteiger partial charge in [-0.15, -0.1) is 0 Å². The van der Waals surface area contributed by atoms with Gasteiger partial charge in [-0.25, -0.2) is 4.79 Å². The number of fused-ring (bicyclic) bond motifs is 7. The summed E-state index contributed by atoms with van der Waals surface area (Å²) in [6, 6.07) is 0. The molecule has 4 fully saturated rings. The van der Waals surface area contributed by atoms with Crippen LogP contribution in [0.2, 0.25) is 0 Å². The number of hydrogen-bond donors (Lipinski definition) is 0. The Morgan fingerprint density at radius 3 is 2.58 bits per heavy atom. The molecule has 0 radical (unpaired) electrons. The number of esters is 1. The smallest absolute Gasteiger partial charge is 0.331 e. The molecule has 0 aromatic rings. The van der Waals surface area contributed by atoms with Gasteiger partial charge < -0.3 is 14.3 Å². The molecule has 1 heterocycles. The maximum absolute atomic E-state index is 11.5. The predicted molar refractivity (Wildman–Crippen MR) is 115 cm³/mol. The number of rotatable bonds is 3. The summed E-state index contributed by atoms with van der Waals surface area (Å²) in [4.78, 5) is 27.7. The second-order valence-corrected chi connectivity index (χ2v) is 11.0. The van der Waals surface area contributed by atoms with Gasteiger partial charge in [0.2, 0.25) is 0 Å². The van der Waals surface area contributed by atoms with E-state index in [4.69, 9.17) is 14.3 Å². The number of carbonyl (C=O) groups is 2. The van der Waals surface area contributed by atoms with Crippen molar-refractivity contribution in [2.75, 3.05) is 0 Å². The van der Waals surface area contributed by atoms with Crippen LogP contribution >= 0.6 is 0 Å². The van der Waals surface area contributed by atoms with Gasteiger partial charge in [0.15, 0.2) is 0 Å². The van der Waals surface area contributed by atoms with E-state index >= 15 is 0 Å². The maximum atomic E-state index is 11.5. The summed E-state index contributed by atoms with van der Waals surface area (Å²) in [5.41, 5.74) is 2.20. The van der Waals surface area contributed by atoms with E-state index in [1.54, 1.807) is 0 Å². The van der Waals surface area contributed by atoms with E-state index in [1.807, 2.05) is 6.92 Å². The molecule has 0 unspecified atom stereocenters. The molecule has 5 aliphatic rings. The second-order valence-electron chi connectivity index (χ2n) is 11.0. The first-order valence-corrected chi connectivity index (χ1v) is 11.9. The highest BCUT2D eigenvalue weighted by molar-refractivity contribution is 5.95. The van der Waals surface area contributed by atoms with Crippen molar-refractivity contribution >= 4 is 17.7 Å². The van der Waals surface area contributed by atoms with Gasteiger partial charge in [0, 0.05) is 25.7 Å². The van der Waals surface area contributed by atoms with Gasteiger partial charge in [0.25, 0.3) is 0 Å². The normalized spacial score (nSPS) is 47.8. The zero-order valence-electron chi connectivity index (χ0n) is 19.4. The van der Waals surface area contributed by atoms with Crippen molar-refractivity contribution in [2.24, 2.45) is 33.7 Å². The van der Waals surface area contributed by atoms with Crippen LogP contribution in [-0.2, 0) is 23.9 Å². The van der Waals surface area contributed by atoms with Crippen LogP contribution in [0.5, 0.6) is 0 Å². The average Bonchev–Trinajstić information content (AvgIpc) is 3.38. The van der Waals surface area contributed by atoms with Crippen molar-refractivity contribution in [3.8, 4) is 0 Å². The van der Waals surface area contributed by atoms with Crippen molar-refractivity contribution in [2.45, 2.75) is 97.4 Å². The Morgan fingerprint density at radius 1 is 1.10 bits per heavy atom. The van der Waals surface area contributed by atoms with E-state index < -0.39 is 5.97 Å². The predicted octanol–water partition coefficient (Wildman–Crippen LogP) is 4.57. The molecule has 3 saturated carbocycles. The summed E-state index contributed by atoms with van der Waals surface area (Å²) in [6.45, 7) is 9.69. The fourth-order valence-corrected chi connectivity index (χ4v) is 8.25. The lowest BCUT2D eigenvalue weighted by Gasteiger charge is -2.58. The molecular weight excluding hydrogens is 394 g/mol. The summed E-state index contributed by atoms with van der Waals surface area (Å²) in [5, 5.41) is 4.16. The van der Waals surface area contributed by atoms with Crippen molar-refractivity contribution in [1.82, 2.24) is 0 Å². The number of oxime groups is 1. The van der Waals surface area contributed by atoms with Gasteiger partial charge in [-0.1, -0.05) is 30.7 Å². The number of epoxide rings is 1. The zero-order chi connectivity index (χ0) is 22.2. The third kappa shape index (κ3) is 2.89. The van der Waals surface area contributed by atoms with Crippen LogP contribution < -0.4 is 0 Å². The number of nitrogens with zero attached hydrogens (tertiary/aromatic N) is 1. The van der Waals surface area contributed by atoms with Crippen LogP contribution in [0.4, 0.5) is 0 Å². The van der Waals surface area contributed by atoms with Crippen molar-refractivity contribution in [3.05, 3.63) is 11.6 Å². The Bertz CT molecular complexity index is 879. The van der Waals surface area contributed by atoms with Crippen LogP contribution in [0.25, 0.3) is 0 Å². The lowest BCUT2D eigenvalue weighted by molar-refractivity contribution is -0.148. The van der Waals surface area contributed by atoms with Crippen molar-refractivity contribution < 1.29 is 23.9 Å². The van der Waals surface area contributed by atoms with Crippen LogP contribution in [0.3, 0.4) is 0 Å². The molecule has 4 aliphatic carbocycles. The molecule has 31 heavy (non-hydrogen) atoms. The monoisotopic (exact) mass is 429 g/mol. The Morgan fingerprint density at radius 2 is 1.87 bits per heavy atom. The fourth-order valence-electron chi connectivity index (χ4n) is 8.25. The van der Waals surface area contributed by atoms with Crippen LogP contribution in [-0.4, -0.2) is 35.5 Å². The molecule has 0 spiro atoms. The molecule has 6 heteroatoms. The number of carbonyl (C=O) groups excluding carboxylic acids is 2. The number of allylic oxidation sites excluding steroid dienone is 1. The van der Waals surface area contributed by atoms with Gasteiger partial charge in [-0.3, -0.25) is 4.79 Å². The largest absolute Gasteiger partial charge is 0.462 e. The Labute approximate surface area is 184 Å². The van der Waals surface area contributed by atoms with Gasteiger partial charge in [0.1, 0.15) is 11.7 Å². The zero-order valence-corrected chi connectivity index (χ0v) is 19.4. The van der Waals surface area contributed by atoms with Crippen LogP contribution in [0.1, 0.15) is 79.6 Å². The molecule has 0 amide bonds. The van der Waals surface area contributed by atoms with Crippen LogP contribution in [0, 0.1) is 28.6 Å². The standard InChI is InChI=1S/C25H35NO5/c1-14(26-31-16(3)28)25-22(30-25)13-21-19-7-6-17-12-18(29-15(2)27)8-10-23(17,4)20(19)9-11-24(21,25)5/h6,18-22H,7-13H2,1-5H3/t18-,19-,20+,21+,22-,23-,24-,25-/m0/s1. The molecule has 1 saturated heterocycles. The Hall–Kier alpha value is -1.69. The Kier molecular flexibility index (Phi) is 4.71. The van der Waals surface area contributed by atoms with E-state index in [0.29, 0.717) is 17.8 Å². The van der Waals surface area contributed by atoms with Gasteiger partial charge in [-0.2, -0.15) is 0 Å². The maximum Gasteiger partial charge on any atom is 0.331 e. The first-order valence-electron chi connectivity index (χ1n) is 11.9. The van der Waals surface area contributed by atoms with Crippen molar-refractivity contribution in [1.29, 1.82) is 0 Å². The minimum atomic E-state index is -0.390. The SMILES string of the molecule is CC(=O)ON=C(C)[C@]12O[C@H]1C[C@@H]1[C@H]3CC=C4C[C@@H](OC(C)=O)CC[C@]4(C)[C@@H]3CC[C@@]12C. The molecule has 8 atom stereocenters. The molecule has 1 aliphatic heterocycles. The molecule has 0 aromatic carbocycles. The van der Waals surface area contributed by atoms with E-state index in [2.05, 4.69) is 25.1 Å². The van der Waals surface area contributed by atoms with Gasteiger partial charge >= 0.3 is 11.9 Å². The minimum Gasteiger partial charge on any atom is -0.462 e. The van der Waals surface area contributed by atoms with E-state index in [0.717, 1.165) is 44.2 Å². The molecule has 0 aromatic heterocycles. The summed E-state index contributed by atoms with van der Waals surface area (Å²) in [5.74, 6) is 1.35. The molecule has 6 nitrogen and oxygen atoms in total. The number of hydrogen-bond acceptors (Lipinski definition) is 6. The van der Waals surface area contributed by atoms with Crippen molar-refractivity contribution in [3.63, 3.8) is 0 Å². The molecule has 170 valence electrons. The number of ether oxygens (including phenoxy) is 2. The summed E-state index contributed by atoms with van der Waals surface area (Å²) < 4.78 is 11.8. The summed E-state index contributed by atoms with van der Waals surface area (Å²) in [7, 11) is 0. The van der Waals surface area contributed by atoms with Gasteiger partial charge in [-0.05, 0) is 68.6 Å². The highest BCUT2D eigenvalue weighted by atomic mass is 16.7. The third-order valence-electron chi connectivity index (χ3n) is 9.67. The summed E-state index contributed by atoms with van der Waals surface area (Å²) in [6.07, 6.45) is 10.1. The second kappa shape index (κ2) is 6.90. The quantitative estimate of drug-likeness (QED) is 0.164. The first-order chi connectivity index (χ1) is 14.6. The molecule has 0 bridgehead atoms. The average molecular weight is 430 g/mol. The van der Waals surface area contributed by atoms with E-state index in [-0.39, 0.29) is 34.6 Å². The van der Waals surface area contributed by atoms with Crippen LogP contribution in [0.15, 0.2) is 16.8 Å². The lowest BCUT2D eigenvalue weighted by Crippen LogP contribution is -2.54. The Balaban J connectivity index is 1.40. The first kappa shape index (κ1) is 21.2. The molecule has 0 N–H and O–H groups in total. The topological polar surface area (TPSA) is 77.5 Å². The highest BCUT2D eigenvalue weighted by Gasteiger charge is 2.78. The van der Waals surface area contributed by atoms with E-state index in [9.17, 15) is 9.59 Å². The summed E-state index contributed by atoms with van der Waals surface area (Å²) >= 11 is 0. The fraction of sp³-hybridized carbons (Fsp3) is 0.800. The van der Waals surface area contributed by atoms with E-state index in [1.165, 1.54) is 25.8 Å². The lowest BCUT2D eigenvalue weighted by atomic mass is 9.47. The molecular formula is C25H35NO5. The molecule has 5 rings (SSSR count). The highest BCUT2D eigenvalue weighted by Crippen LogP contribution is 2.73. The van der Waals surface area contributed by atoms with Gasteiger partial charge in [0.05, 0.1) is 11.8 Å². The third-order valence-corrected chi connectivity index (χ3v) is 9.67. The minimum absolute atomic E-state index is 0.0310.